The minimum Gasteiger partial charge on any atom is -0.309 e. The van der Waals surface area contributed by atoms with Crippen LogP contribution in [-0.4, -0.2) is 9.13 Å². The van der Waals surface area contributed by atoms with Crippen molar-refractivity contribution in [2.45, 2.75) is 22.6 Å². The first-order valence-corrected chi connectivity index (χ1v) is 21.2. The molecule has 0 atom stereocenters. The van der Waals surface area contributed by atoms with Crippen molar-refractivity contribution in [2.24, 2.45) is 0 Å². The zero-order chi connectivity index (χ0) is 38.9. The van der Waals surface area contributed by atoms with E-state index in [1.54, 1.807) is 0 Å². The van der Waals surface area contributed by atoms with E-state index in [1.807, 2.05) is 11.8 Å². The van der Waals surface area contributed by atoms with E-state index in [4.69, 9.17) is 0 Å². The van der Waals surface area contributed by atoms with E-state index >= 15 is 0 Å². The van der Waals surface area contributed by atoms with E-state index < -0.39 is 0 Å². The van der Waals surface area contributed by atoms with Crippen molar-refractivity contribution in [1.29, 1.82) is 0 Å². The van der Waals surface area contributed by atoms with Gasteiger partial charge in [0.05, 0.1) is 22.1 Å². The number of hydrogen-bond acceptors (Lipinski definition) is 1. The fourth-order valence-electron chi connectivity index (χ4n) is 9.53. The summed E-state index contributed by atoms with van der Waals surface area (Å²) in [7, 11) is 0. The summed E-state index contributed by atoms with van der Waals surface area (Å²) in [6.07, 6.45) is 1.72. The zero-order valence-electron chi connectivity index (χ0n) is 32.3. The third kappa shape index (κ3) is 5.65. The summed E-state index contributed by atoms with van der Waals surface area (Å²) < 4.78 is 4.87. The van der Waals surface area contributed by atoms with Crippen molar-refractivity contribution < 1.29 is 0 Å². The molecule has 9 aromatic carbocycles. The molecule has 3 heteroatoms. The molecule has 0 N–H and O–H groups in total. The Morgan fingerprint density at radius 1 is 0.305 bits per heavy atom. The smallest absolute Gasteiger partial charge is 0.0544 e. The Hall–Kier alpha value is -7.07. The van der Waals surface area contributed by atoms with Crippen LogP contribution < -0.4 is 0 Å². The van der Waals surface area contributed by atoms with E-state index in [1.165, 1.54) is 104 Å². The molecular weight excluding hydrogens is 733 g/mol. The third-order valence-electron chi connectivity index (χ3n) is 12.3. The normalized spacial score (nSPS) is 12.5. The molecule has 278 valence electrons. The molecule has 0 unspecified atom stereocenters. The Kier molecular flexibility index (Phi) is 7.95. The second-order valence-corrected chi connectivity index (χ2v) is 16.8. The van der Waals surface area contributed by atoms with E-state index in [9.17, 15) is 0 Å². The fourth-order valence-corrected chi connectivity index (χ4v) is 10.6. The summed E-state index contributed by atoms with van der Waals surface area (Å²) in [5, 5.41) is 5.05. The molecule has 3 heterocycles. The monoisotopic (exact) mass is 770 g/mol. The summed E-state index contributed by atoms with van der Waals surface area (Å²) in [5.41, 5.74) is 17.6. The molecule has 0 saturated carbocycles. The van der Waals surface area contributed by atoms with Gasteiger partial charge in [-0.25, -0.2) is 0 Å². The molecule has 0 radical (unpaired) electrons. The van der Waals surface area contributed by atoms with Gasteiger partial charge in [0.1, 0.15) is 0 Å². The SMILES string of the molecule is c1ccc(-n2c3ccccc3c3cc(-c4cccc(-n5c6ccccc6c6cc7c(cc65)Cc5ccccc5Sc5ccccc5Cc5ccccc5-7)c4)ccc32)cc1. The van der Waals surface area contributed by atoms with E-state index in [0.29, 0.717) is 0 Å². The first kappa shape index (κ1) is 34.0. The van der Waals surface area contributed by atoms with Crippen LogP contribution in [0.2, 0.25) is 0 Å². The van der Waals surface area contributed by atoms with Crippen LogP contribution in [0.25, 0.3) is 77.2 Å². The molecule has 0 fully saturated rings. The van der Waals surface area contributed by atoms with Crippen LogP contribution in [0.1, 0.15) is 22.3 Å². The maximum atomic E-state index is 2.49. The van der Waals surface area contributed by atoms with Gasteiger partial charge in [-0.2, -0.15) is 0 Å². The Morgan fingerprint density at radius 2 is 0.847 bits per heavy atom. The van der Waals surface area contributed by atoms with Crippen molar-refractivity contribution in [3.63, 3.8) is 0 Å². The lowest BCUT2D eigenvalue weighted by molar-refractivity contribution is 1.12. The zero-order valence-corrected chi connectivity index (χ0v) is 33.2. The number of rotatable bonds is 3. The van der Waals surface area contributed by atoms with Gasteiger partial charge in [0, 0.05) is 42.7 Å². The van der Waals surface area contributed by atoms with Crippen LogP contribution in [0.5, 0.6) is 0 Å². The van der Waals surface area contributed by atoms with Gasteiger partial charge in [0.25, 0.3) is 0 Å². The number of para-hydroxylation sites is 3. The van der Waals surface area contributed by atoms with Gasteiger partial charge in [0.15, 0.2) is 0 Å². The lowest BCUT2D eigenvalue weighted by Crippen LogP contribution is -1.99. The van der Waals surface area contributed by atoms with Crippen molar-refractivity contribution in [1.82, 2.24) is 9.13 Å². The molecule has 12 rings (SSSR count). The van der Waals surface area contributed by atoms with Crippen molar-refractivity contribution in [3.05, 3.63) is 229 Å². The maximum absolute atomic E-state index is 2.49. The first-order valence-electron chi connectivity index (χ1n) is 20.4. The minimum atomic E-state index is 0.836. The van der Waals surface area contributed by atoms with Crippen LogP contribution in [0.3, 0.4) is 0 Å². The Bertz CT molecular complexity index is 3420. The largest absolute Gasteiger partial charge is 0.309 e. The highest BCUT2D eigenvalue weighted by atomic mass is 32.2. The highest BCUT2D eigenvalue weighted by Crippen LogP contribution is 2.43. The van der Waals surface area contributed by atoms with Gasteiger partial charge in [-0.1, -0.05) is 145 Å². The van der Waals surface area contributed by atoms with E-state index in [0.717, 1.165) is 18.5 Å². The second-order valence-electron chi connectivity index (χ2n) is 15.7. The molecule has 59 heavy (non-hydrogen) atoms. The quantitative estimate of drug-likeness (QED) is 0.174. The number of nitrogens with zero attached hydrogens (tertiary/aromatic N) is 2. The average molecular weight is 771 g/mol. The first-order chi connectivity index (χ1) is 29.2. The van der Waals surface area contributed by atoms with Gasteiger partial charge in [-0.05, 0) is 130 Å². The van der Waals surface area contributed by atoms with E-state index in [2.05, 4.69) is 215 Å². The lowest BCUT2D eigenvalue weighted by Gasteiger charge is -2.17. The summed E-state index contributed by atoms with van der Waals surface area (Å²) >= 11 is 1.90. The molecule has 1 aliphatic rings. The minimum absolute atomic E-state index is 0.836. The van der Waals surface area contributed by atoms with Gasteiger partial charge in [-0.3, -0.25) is 0 Å². The molecule has 2 aromatic heterocycles. The number of aromatic nitrogens is 2. The molecular formula is C56H38N2S. The Balaban J connectivity index is 1.06. The van der Waals surface area contributed by atoms with Crippen LogP contribution in [-0.2, 0) is 12.8 Å². The average Bonchev–Trinajstić information content (AvgIpc) is 3.79. The predicted molar refractivity (Wildman–Crippen MR) is 249 cm³/mol. The summed E-state index contributed by atoms with van der Waals surface area (Å²) in [5.74, 6) is 0. The van der Waals surface area contributed by atoms with E-state index in [-0.39, 0.29) is 0 Å². The van der Waals surface area contributed by atoms with Crippen molar-refractivity contribution in [2.75, 3.05) is 0 Å². The van der Waals surface area contributed by atoms with Crippen LogP contribution in [0.15, 0.2) is 216 Å². The predicted octanol–water partition coefficient (Wildman–Crippen LogP) is 14.9. The Morgan fingerprint density at radius 3 is 1.59 bits per heavy atom. The molecule has 0 aliphatic carbocycles. The molecule has 0 amide bonds. The van der Waals surface area contributed by atoms with Crippen molar-refractivity contribution >= 4 is 55.4 Å². The van der Waals surface area contributed by atoms with Crippen LogP contribution in [0.4, 0.5) is 0 Å². The number of fused-ring (bicyclic) bond motifs is 11. The van der Waals surface area contributed by atoms with Crippen molar-refractivity contribution in [3.8, 4) is 33.6 Å². The molecule has 0 saturated heterocycles. The second kappa shape index (κ2) is 13.8. The standard InChI is InChI=1S/C56H38N2S/c1-2-19-43(20-3-1)57-51-25-10-8-23-46(51)49-34-38(29-30-53(49)57)37-18-14-21-44(33-37)58-52-26-11-9-24-47(52)50-36-48-42(35-54(50)58)32-41-17-6-13-28-56(41)59-55-27-12-5-16-40(55)31-39-15-4-7-22-45(39)48/h1-30,33-36H,31-32H2. The van der Waals surface area contributed by atoms with Gasteiger partial charge in [-0.15, -0.1) is 0 Å². The fraction of sp³-hybridized carbons (Fsp3) is 0.0357. The summed E-state index contributed by atoms with van der Waals surface area (Å²) in [6, 6.07) is 76.4. The third-order valence-corrected chi connectivity index (χ3v) is 13.5. The summed E-state index contributed by atoms with van der Waals surface area (Å²) in [4.78, 5) is 2.64. The summed E-state index contributed by atoms with van der Waals surface area (Å²) in [6.45, 7) is 0. The molecule has 2 nitrogen and oxygen atoms in total. The number of hydrogen-bond donors (Lipinski definition) is 0. The Labute approximate surface area is 347 Å². The van der Waals surface area contributed by atoms with Crippen LogP contribution >= 0.6 is 11.8 Å². The van der Waals surface area contributed by atoms with Crippen LogP contribution in [0, 0.1) is 0 Å². The lowest BCUT2D eigenvalue weighted by atomic mass is 9.89. The van der Waals surface area contributed by atoms with Gasteiger partial charge in [0.2, 0.25) is 0 Å². The molecule has 1 aliphatic heterocycles. The van der Waals surface area contributed by atoms with Gasteiger partial charge < -0.3 is 9.13 Å². The molecule has 0 spiro atoms. The molecule has 0 bridgehead atoms. The maximum Gasteiger partial charge on any atom is 0.0544 e. The topological polar surface area (TPSA) is 9.86 Å². The highest BCUT2D eigenvalue weighted by Gasteiger charge is 2.21. The highest BCUT2D eigenvalue weighted by molar-refractivity contribution is 7.99. The number of benzene rings is 9. The molecule has 11 aromatic rings. The van der Waals surface area contributed by atoms with Gasteiger partial charge >= 0.3 is 0 Å².